The standard InChI is InChI=1S/C26H30N4O2/c1-20-8-5-6-12-23(20)29-16-18-30(19-17-29)25-22(11-7-15-27-25)26(32)28-24(31)14-13-21-9-3-2-4-10-21/h2-12,15,24,31H,13-14,16-19H2,1H3,(H,28,32). The van der Waals surface area contributed by atoms with Crippen molar-refractivity contribution in [1.29, 1.82) is 0 Å². The van der Waals surface area contributed by atoms with Crippen molar-refractivity contribution < 1.29 is 9.90 Å². The van der Waals surface area contributed by atoms with Gasteiger partial charge in [-0.1, -0.05) is 48.5 Å². The number of benzene rings is 2. The number of nitrogens with zero attached hydrogens (tertiary/aromatic N) is 3. The first-order chi connectivity index (χ1) is 15.6. The summed E-state index contributed by atoms with van der Waals surface area (Å²) >= 11 is 0. The van der Waals surface area contributed by atoms with Gasteiger partial charge in [0.05, 0.1) is 5.56 Å². The summed E-state index contributed by atoms with van der Waals surface area (Å²) < 4.78 is 0. The number of rotatable bonds is 7. The summed E-state index contributed by atoms with van der Waals surface area (Å²) in [7, 11) is 0. The number of aryl methyl sites for hydroxylation is 2. The van der Waals surface area contributed by atoms with Crippen molar-refractivity contribution in [3.05, 3.63) is 89.6 Å². The van der Waals surface area contributed by atoms with Gasteiger partial charge in [-0.25, -0.2) is 4.98 Å². The Bertz CT molecular complexity index is 1030. The highest BCUT2D eigenvalue weighted by Gasteiger charge is 2.24. The van der Waals surface area contributed by atoms with Crippen LogP contribution in [0.2, 0.25) is 0 Å². The van der Waals surface area contributed by atoms with E-state index in [1.54, 1.807) is 18.3 Å². The Morgan fingerprint density at radius 1 is 0.969 bits per heavy atom. The maximum absolute atomic E-state index is 12.9. The normalized spacial score (nSPS) is 14.8. The van der Waals surface area contributed by atoms with E-state index in [2.05, 4.69) is 51.3 Å². The van der Waals surface area contributed by atoms with Crippen LogP contribution in [0, 0.1) is 6.92 Å². The molecule has 1 fully saturated rings. The van der Waals surface area contributed by atoms with Crippen LogP contribution in [-0.4, -0.2) is 48.4 Å². The molecule has 1 aromatic heterocycles. The maximum atomic E-state index is 12.9. The van der Waals surface area contributed by atoms with E-state index in [4.69, 9.17) is 0 Å². The average molecular weight is 431 g/mol. The minimum Gasteiger partial charge on any atom is -0.374 e. The number of hydrogen-bond donors (Lipinski definition) is 2. The van der Waals surface area contributed by atoms with E-state index in [9.17, 15) is 9.90 Å². The number of aliphatic hydroxyl groups excluding tert-OH is 1. The lowest BCUT2D eigenvalue weighted by atomic mass is 10.1. The van der Waals surface area contributed by atoms with Crippen molar-refractivity contribution in [2.45, 2.75) is 26.0 Å². The molecule has 0 bridgehead atoms. The van der Waals surface area contributed by atoms with Gasteiger partial charge in [0.2, 0.25) is 0 Å². The second-order valence-corrected chi connectivity index (χ2v) is 8.15. The highest BCUT2D eigenvalue weighted by molar-refractivity contribution is 5.99. The molecule has 2 heterocycles. The van der Waals surface area contributed by atoms with Crippen LogP contribution in [-0.2, 0) is 6.42 Å². The zero-order valence-electron chi connectivity index (χ0n) is 18.4. The van der Waals surface area contributed by atoms with Gasteiger partial charge in [-0.05, 0) is 49.1 Å². The molecule has 1 aliphatic rings. The van der Waals surface area contributed by atoms with E-state index < -0.39 is 6.23 Å². The minimum atomic E-state index is -0.909. The van der Waals surface area contributed by atoms with Gasteiger partial charge in [0, 0.05) is 38.1 Å². The van der Waals surface area contributed by atoms with Gasteiger partial charge in [-0.3, -0.25) is 4.79 Å². The topological polar surface area (TPSA) is 68.7 Å². The number of piperazine rings is 1. The van der Waals surface area contributed by atoms with E-state index in [0.717, 1.165) is 31.7 Å². The Morgan fingerprint density at radius 2 is 1.66 bits per heavy atom. The zero-order valence-corrected chi connectivity index (χ0v) is 18.4. The molecule has 0 spiro atoms. The number of amides is 1. The smallest absolute Gasteiger partial charge is 0.257 e. The van der Waals surface area contributed by atoms with Crippen molar-refractivity contribution in [2.75, 3.05) is 36.0 Å². The molecule has 3 aromatic rings. The molecule has 4 rings (SSSR count). The summed E-state index contributed by atoms with van der Waals surface area (Å²) in [6.45, 7) is 5.42. The van der Waals surface area contributed by atoms with Crippen molar-refractivity contribution >= 4 is 17.4 Å². The Balaban J connectivity index is 1.37. The first kappa shape index (κ1) is 21.8. The van der Waals surface area contributed by atoms with E-state index in [1.807, 2.05) is 30.3 Å². The van der Waals surface area contributed by atoms with Crippen molar-refractivity contribution in [2.24, 2.45) is 0 Å². The van der Waals surface area contributed by atoms with E-state index >= 15 is 0 Å². The van der Waals surface area contributed by atoms with Crippen LogP contribution >= 0.6 is 0 Å². The summed E-state index contributed by atoms with van der Waals surface area (Å²) in [4.78, 5) is 21.9. The van der Waals surface area contributed by atoms with Crippen molar-refractivity contribution in [1.82, 2.24) is 10.3 Å². The van der Waals surface area contributed by atoms with Gasteiger partial charge < -0.3 is 20.2 Å². The van der Waals surface area contributed by atoms with Gasteiger partial charge in [-0.2, -0.15) is 0 Å². The van der Waals surface area contributed by atoms with E-state index in [0.29, 0.717) is 24.2 Å². The summed E-state index contributed by atoms with van der Waals surface area (Å²) in [5, 5.41) is 13.1. The number of nitrogens with one attached hydrogen (secondary N) is 1. The summed E-state index contributed by atoms with van der Waals surface area (Å²) in [5.41, 5.74) is 4.15. The predicted octanol–water partition coefficient (Wildman–Crippen LogP) is 3.40. The molecule has 1 atom stereocenters. The Kier molecular flexibility index (Phi) is 7.02. The second kappa shape index (κ2) is 10.3. The lowest BCUT2D eigenvalue weighted by Crippen LogP contribution is -2.47. The monoisotopic (exact) mass is 430 g/mol. The quantitative estimate of drug-likeness (QED) is 0.563. The van der Waals surface area contributed by atoms with Crippen LogP contribution in [0.3, 0.4) is 0 Å². The number of para-hydroxylation sites is 1. The fraction of sp³-hybridized carbons (Fsp3) is 0.308. The van der Waals surface area contributed by atoms with E-state index in [-0.39, 0.29) is 5.91 Å². The minimum absolute atomic E-state index is 0.296. The Labute approximate surface area is 189 Å². The largest absolute Gasteiger partial charge is 0.374 e. The molecule has 6 nitrogen and oxygen atoms in total. The molecule has 1 aliphatic heterocycles. The van der Waals surface area contributed by atoms with Crippen LogP contribution in [0.5, 0.6) is 0 Å². The van der Waals surface area contributed by atoms with Crippen LogP contribution in [0.15, 0.2) is 72.9 Å². The van der Waals surface area contributed by atoms with Gasteiger partial charge in [-0.15, -0.1) is 0 Å². The second-order valence-electron chi connectivity index (χ2n) is 8.15. The first-order valence-corrected chi connectivity index (χ1v) is 11.2. The van der Waals surface area contributed by atoms with Crippen LogP contribution in [0.4, 0.5) is 11.5 Å². The maximum Gasteiger partial charge on any atom is 0.257 e. The highest BCUT2D eigenvalue weighted by atomic mass is 16.3. The summed E-state index contributed by atoms with van der Waals surface area (Å²) in [6, 6.07) is 21.9. The zero-order chi connectivity index (χ0) is 22.3. The molecule has 0 radical (unpaired) electrons. The Morgan fingerprint density at radius 3 is 2.41 bits per heavy atom. The number of hydrogen-bond acceptors (Lipinski definition) is 5. The third-order valence-corrected chi connectivity index (χ3v) is 5.91. The van der Waals surface area contributed by atoms with Gasteiger partial charge in [0.1, 0.15) is 12.0 Å². The molecule has 1 amide bonds. The number of carbonyl (C=O) groups excluding carboxylic acids is 1. The fourth-order valence-corrected chi connectivity index (χ4v) is 4.15. The number of carbonyl (C=O) groups is 1. The lowest BCUT2D eigenvalue weighted by Gasteiger charge is -2.38. The molecule has 1 unspecified atom stereocenters. The van der Waals surface area contributed by atoms with Crippen molar-refractivity contribution in [3.8, 4) is 0 Å². The number of pyridine rings is 1. The van der Waals surface area contributed by atoms with Gasteiger partial charge >= 0.3 is 0 Å². The SMILES string of the molecule is Cc1ccccc1N1CCN(c2ncccc2C(=O)NC(O)CCc2ccccc2)CC1. The highest BCUT2D eigenvalue weighted by Crippen LogP contribution is 2.24. The Hall–Kier alpha value is -3.38. The molecule has 0 saturated carbocycles. The summed E-state index contributed by atoms with van der Waals surface area (Å²) in [6.07, 6.45) is 1.96. The summed E-state index contributed by atoms with van der Waals surface area (Å²) in [5.74, 6) is 0.375. The number of aliphatic hydroxyl groups is 1. The van der Waals surface area contributed by atoms with Crippen LogP contribution < -0.4 is 15.1 Å². The number of anilines is 2. The van der Waals surface area contributed by atoms with Crippen LogP contribution in [0.25, 0.3) is 0 Å². The molecular formula is C26H30N4O2. The fourth-order valence-electron chi connectivity index (χ4n) is 4.15. The van der Waals surface area contributed by atoms with Gasteiger partial charge in [0.25, 0.3) is 5.91 Å². The molecular weight excluding hydrogens is 400 g/mol. The molecule has 0 aliphatic carbocycles. The van der Waals surface area contributed by atoms with Gasteiger partial charge in [0.15, 0.2) is 0 Å². The molecule has 1 saturated heterocycles. The third-order valence-electron chi connectivity index (χ3n) is 5.91. The molecule has 32 heavy (non-hydrogen) atoms. The molecule has 2 N–H and O–H groups in total. The predicted molar refractivity (Wildman–Crippen MR) is 128 cm³/mol. The van der Waals surface area contributed by atoms with Crippen LogP contribution in [0.1, 0.15) is 27.9 Å². The van der Waals surface area contributed by atoms with E-state index in [1.165, 1.54) is 11.3 Å². The first-order valence-electron chi connectivity index (χ1n) is 11.2. The number of aromatic nitrogens is 1. The third kappa shape index (κ3) is 5.26. The molecule has 166 valence electrons. The molecule has 2 aromatic carbocycles. The van der Waals surface area contributed by atoms with Crippen molar-refractivity contribution in [3.63, 3.8) is 0 Å². The molecule has 6 heteroatoms. The lowest BCUT2D eigenvalue weighted by molar-refractivity contribution is 0.0766. The average Bonchev–Trinajstić information content (AvgIpc) is 2.84.